The van der Waals surface area contributed by atoms with Crippen molar-refractivity contribution in [3.63, 3.8) is 0 Å². The maximum Gasteiger partial charge on any atom is 0.147 e. The van der Waals surface area contributed by atoms with E-state index in [9.17, 15) is 0 Å². The van der Waals surface area contributed by atoms with Crippen molar-refractivity contribution in [1.29, 1.82) is 0 Å². The topological polar surface area (TPSA) is 27.1 Å². The summed E-state index contributed by atoms with van der Waals surface area (Å²) in [4.78, 5) is 4.74. The quantitative estimate of drug-likeness (QED) is 0.511. The third kappa shape index (κ3) is 3.86. The van der Waals surface area contributed by atoms with Gasteiger partial charge in [-0.3, -0.25) is 0 Å². The number of hydrogen-bond donors (Lipinski definition) is 0. The Hall–Kier alpha value is -0.870. The second kappa shape index (κ2) is 7.95. The molecule has 0 amide bonds. The average Bonchev–Trinajstić information content (AvgIpc) is 2.85. The first-order chi connectivity index (χ1) is 10.2. The minimum absolute atomic E-state index is 0.106. The zero-order valence-electron chi connectivity index (χ0n) is 12.9. The zero-order chi connectivity index (χ0) is 15.2. The molecule has 2 aromatic rings. The number of para-hydroxylation sites is 1. The maximum atomic E-state index is 6.32. The van der Waals surface area contributed by atoms with Crippen LogP contribution in [0.15, 0.2) is 18.2 Å². The number of aryl methyl sites for hydroxylation is 1. The van der Waals surface area contributed by atoms with E-state index < -0.39 is 0 Å². The van der Waals surface area contributed by atoms with Gasteiger partial charge < -0.3 is 9.30 Å². The van der Waals surface area contributed by atoms with Gasteiger partial charge in [-0.2, -0.15) is 11.8 Å². The number of ether oxygens (including phenoxy) is 1. The van der Waals surface area contributed by atoms with Gasteiger partial charge in [0.05, 0.1) is 17.5 Å². The number of rotatable bonds is 8. The smallest absolute Gasteiger partial charge is 0.147 e. The van der Waals surface area contributed by atoms with Gasteiger partial charge in [0.15, 0.2) is 0 Å². The summed E-state index contributed by atoms with van der Waals surface area (Å²) in [5.41, 5.74) is 2.05. The molecule has 0 fully saturated rings. The SMILES string of the molecule is CCCOc1cccc2c1nc(C(C)Cl)n2CCCSC. The summed E-state index contributed by atoms with van der Waals surface area (Å²) in [5, 5.41) is -0.106. The van der Waals surface area contributed by atoms with Crippen molar-refractivity contribution in [2.45, 2.75) is 38.6 Å². The molecule has 1 aromatic heterocycles. The lowest BCUT2D eigenvalue weighted by Crippen LogP contribution is -2.05. The minimum Gasteiger partial charge on any atom is -0.491 e. The number of hydrogen-bond acceptors (Lipinski definition) is 3. The molecule has 21 heavy (non-hydrogen) atoms. The second-order valence-electron chi connectivity index (χ2n) is 5.06. The van der Waals surface area contributed by atoms with Gasteiger partial charge in [0, 0.05) is 6.54 Å². The van der Waals surface area contributed by atoms with Gasteiger partial charge in [0.25, 0.3) is 0 Å². The fourth-order valence-corrected chi connectivity index (χ4v) is 2.96. The molecule has 0 aliphatic heterocycles. The molecule has 1 atom stereocenters. The summed E-state index contributed by atoms with van der Waals surface area (Å²) in [5.74, 6) is 2.93. The molecule has 3 nitrogen and oxygen atoms in total. The van der Waals surface area contributed by atoms with Gasteiger partial charge in [-0.15, -0.1) is 11.6 Å². The minimum atomic E-state index is -0.106. The van der Waals surface area contributed by atoms with E-state index in [1.165, 1.54) is 0 Å². The van der Waals surface area contributed by atoms with E-state index in [0.29, 0.717) is 6.61 Å². The Labute approximate surface area is 136 Å². The van der Waals surface area contributed by atoms with E-state index >= 15 is 0 Å². The molecule has 0 saturated heterocycles. The van der Waals surface area contributed by atoms with Gasteiger partial charge in [-0.25, -0.2) is 4.98 Å². The number of nitrogens with zero attached hydrogens (tertiary/aromatic N) is 2. The van der Waals surface area contributed by atoms with E-state index in [1.54, 1.807) is 0 Å². The molecule has 1 aromatic carbocycles. The summed E-state index contributed by atoms with van der Waals surface area (Å²) in [6.45, 7) is 5.74. The number of alkyl halides is 1. The molecule has 0 aliphatic carbocycles. The normalized spacial score (nSPS) is 12.8. The van der Waals surface area contributed by atoms with Crippen LogP contribution in [0.25, 0.3) is 11.0 Å². The first-order valence-electron chi connectivity index (χ1n) is 7.44. The van der Waals surface area contributed by atoms with E-state index in [0.717, 1.165) is 47.7 Å². The van der Waals surface area contributed by atoms with Crippen molar-refractivity contribution in [2.75, 3.05) is 18.6 Å². The first-order valence-corrected chi connectivity index (χ1v) is 9.27. The van der Waals surface area contributed by atoms with Gasteiger partial charge >= 0.3 is 0 Å². The molecule has 1 unspecified atom stereocenters. The van der Waals surface area contributed by atoms with Crippen molar-refractivity contribution in [3.8, 4) is 5.75 Å². The lowest BCUT2D eigenvalue weighted by molar-refractivity contribution is 0.320. The summed E-state index contributed by atoms with van der Waals surface area (Å²) in [6, 6.07) is 6.12. The Morgan fingerprint density at radius 1 is 1.43 bits per heavy atom. The van der Waals surface area contributed by atoms with Crippen LogP contribution in [0.5, 0.6) is 5.75 Å². The van der Waals surface area contributed by atoms with Crippen LogP contribution in [0.3, 0.4) is 0 Å². The zero-order valence-corrected chi connectivity index (χ0v) is 14.5. The highest BCUT2D eigenvalue weighted by Gasteiger charge is 2.17. The lowest BCUT2D eigenvalue weighted by Gasteiger charge is -2.10. The summed E-state index contributed by atoms with van der Waals surface area (Å²) < 4.78 is 8.06. The van der Waals surface area contributed by atoms with Crippen LogP contribution in [-0.4, -0.2) is 28.2 Å². The third-order valence-corrected chi connectivity index (χ3v) is 4.21. The molecule has 0 radical (unpaired) electrons. The predicted octanol–water partition coefficient (Wildman–Crippen LogP) is 4.88. The van der Waals surface area contributed by atoms with Gasteiger partial charge in [-0.1, -0.05) is 13.0 Å². The van der Waals surface area contributed by atoms with Crippen molar-refractivity contribution >= 4 is 34.4 Å². The van der Waals surface area contributed by atoms with Crippen LogP contribution in [0.4, 0.5) is 0 Å². The Kier molecular flexibility index (Phi) is 6.24. The monoisotopic (exact) mass is 326 g/mol. The molecule has 0 N–H and O–H groups in total. The molecular weight excluding hydrogens is 304 g/mol. The summed E-state index contributed by atoms with van der Waals surface area (Å²) in [6.07, 6.45) is 4.24. The van der Waals surface area contributed by atoms with Gasteiger partial charge in [-0.05, 0) is 43.9 Å². The van der Waals surface area contributed by atoms with E-state index in [4.69, 9.17) is 21.3 Å². The van der Waals surface area contributed by atoms with Crippen molar-refractivity contribution in [2.24, 2.45) is 0 Å². The van der Waals surface area contributed by atoms with Crippen LogP contribution < -0.4 is 4.74 Å². The van der Waals surface area contributed by atoms with Crippen LogP contribution in [0, 0.1) is 0 Å². The highest BCUT2D eigenvalue weighted by atomic mass is 35.5. The van der Waals surface area contributed by atoms with Crippen LogP contribution in [-0.2, 0) is 6.54 Å². The van der Waals surface area contributed by atoms with Crippen molar-refractivity contribution < 1.29 is 4.74 Å². The van der Waals surface area contributed by atoms with Crippen LogP contribution in [0.1, 0.15) is 37.9 Å². The predicted molar refractivity (Wildman–Crippen MR) is 92.8 cm³/mol. The number of benzene rings is 1. The Morgan fingerprint density at radius 3 is 2.90 bits per heavy atom. The van der Waals surface area contributed by atoms with Crippen LogP contribution >= 0.6 is 23.4 Å². The number of thioether (sulfide) groups is 1. The van der Waals surface area contributed by atoms with Gasteiger partial charge in [0.2, 0.25) is 0 Å². The summed E-state index contributed by atoms with van der Waals surface area (Å²) >= 11 is 8.19. The van der Waals surface area contributed by atoms with E-state index in [-0.39, 0.29) is 5.38 Å². The highest BCUT2D eigenvalue weighted by Crippen LogP contribution is 2.30. The molecule has 0 saturated carbocycles. The number of aromatic nitrogens is 2. The van der Waals surface area contributed by atoms with E-state index in [2.05, 4.69) is 23.8 Å². The third-order valence-electron chi connectivity index (χ3n) is 3.32. The Balaban J connectivity index is 2.41. The number of imidazole rings is 1. The van der Waals surface area contributed by atoms with Crippen LogP contribution in [0.2, 0.25) is 0 Å². The molecule has 2 rings (SSSR count). The fourth-order valence-electron chi connectivity index (χ4n) is 2.37. The fraction of sp³-hybridized carbons (Fsp3) is 0.562. The molecule has 116 valence electrons. The van der Waals surface area contributed by atoms with Crippen molar-refractivity contribution in [1.82, 2.24) is 9.55 Å². The molecule has 0 bridgehead atoms. The average molecular weight is 327 g/mol. The standard InChI is InChI=1S/C16H23ClN2OS/c1-4-10-20-14-8-5-7-13-15(14)18-16(12(2)17)19(13)9-6-11-21-3/h5,7-8,12H,4,6,9-11H2,1-3H3. The molecule has 5 heteroatoms. The molecule has 1 heterocycles. The van der Waals surface area contributed by atoms with E-state index in [1.807, 2.05) is 30.8 Å². The van der Waals surface area contributed by atoms with Gasteiger partial charge in [0.1, 0.15) is 17.1 Å². The van der Waals surface area contributed by atoms with Crippen molar-refractivity contribution in [3.05, 3.63) is 24.0 Å². The maximum absolute atomic E-state index is 6.32. The number of fused-ring (bicyclic) bond motifs is 1. The largest absolute Gasteiger partial charge is 0.491 e. The lowest BCUT2D eigenvalue weighted by atomic mass is 10.3. The highest BCUT2D eigenvalue weighted by molar-refractivity contribution is 7.98. The summed E-state index contributed by atoms with van der Waals surface area (Å²) in [7, 11) is 0. The Morgan fingerprint density at radius 2 is 2.24 bits per heavy atom. The number of halogens is 1. The molecule has 0 aliphatic rings. The molecular formula is C16H23ClN2OS. The Bertz CT molecular complexity index is 583. The molecule has 0 spiro atoms. The second-order valence-corrected chi connectivity index (χ2v) is 6.70. The first kappa shape index (κ1) is 16.5.